The summed E-state index contributed by atoms with van der Waals surface area (Å²) < 4.78 is 0. The molecule has 0 atom stereocenters. The molecule has 0 aromatic heterocycles. The standard InChI is InChI=1S/C17H15.2ClH.Zr/c1-12-8-15-9-13(2)11-17(15)16(10-12)14-6-4-3-5-7-14;;;/h3-11H,1-2H3;2*1H;/q;;;+2/p-2. The second-order valence-electron chi connectivity index (χ2n) is 4.79. The Kier molecular flexibility index (Phi) is 6.08. The molecule has 1 aliphatic rings. The van der Waals surface area contributed by atoms with Gasteiger partial charge >= 0.3 is 37.9 Å². The Hall–Kier alpha value is -0.357. The summed E-state index contributed by atoms with van der Waals surface area (Å²) in [5.74, 6) is 0. The summed E-state index contributed by atoms with van der Waals surface area (Å²) in [6.45, 7) is 4.32. The molecule has 0 fully saturated rings. The fourth-order valence-corrected chi connectivity index (χ4v) is 2.48. The summed E-state index contributed by atoms with van der Waals surface area (Å²) in [6.07, 6.45) is 4.53. The SMILES string of the molecule is CC1=Cc2c(cc(C)cc2-c2ccccc2)[CH]1.[Cl][Zr][Cl]. The van der Waals surface area contributed by atoms with E-state index < -0.39 is 20.8 Å². The summed E-state index contributed by atoms with van der Waals surface area (Å²) in [5, 5.41) is 0. The second kappa shape index (κ2) is 7.59. The Morgan fingerprint density at radius 2 is 1.60 bits per heavy atom. The van der Waals surface area contributed by atoms with Gasteiger partial charge in [-0.2, -0.15) is 0 Å². The molecule has 0 spiro atoms. The van der Waals surface area contributed by atoms with E-state index in [1.807, 2.05) is 0 Å². The first-order valence-electron chi connectivity index (χ1n) is 6.35. The molecule has 0 saturated heterocycles. The molecular weight excluding hydrogens is 366 g/mol. The van der Waals surface area contributed by atoms with Gasteiger partial charge in [0, 0.05) is 6.42 Å². The average molecular weight is 381 g/mol. The average Bonchev–Trinajstić information content (AvgIpc) is 2.80. The van der Waals surface area contributed by atoms with Crippen molar-refractivity contribution in [3.8, 4) is 11.1 Å². The van der Waals surface area contributed by atoms with Crippen LogP contribution in [0.4, 0.5) is 0 Å². The maximum absolute atomic E-state index is 4.93. The Balaban J connectivity index is 0.000000452. The molecule has 0 saturated carbocycles. The van der Waals surface area contributed by atoms with Crippen LogP contribution in [0.5, 0.6) is 0 Å². The second-order valence-corrected chi connectivity index (χ2v) is 8.52. The van der Waals surface area contributed by atoms with Crippen molar-refractivity contribution < 1.29 is 20.8 Å². The summed E-state index contributed by atoms with van der Waals surface area (Å²) in [6, 6.07) is 15.1. The first-order chi connectivity index (χ1) is 9.65. The number of hydrogen-bond donors (Lipinski definition) is 0. The van der Waals surface area contributed by atoms with E-state index in [0.717, 1.165) is 0 Å². The first kappa shape index (κ1) is 16.0. The molecule has 0 aliphatic heterocycles. The molecule has 3 heteroatoms. The maximum atomic E-state index is 4.93. The van der Waals surface area contributed by atoms with Crippen LogP contribution in [0, 0.1) is 13.3 Å². The van der Waals surface area contributed by atoms with Gasteiger partial charge < -0.3 is 0 Å². The number of allylic oxidation sites excluding steroid dienone is 1. The minimum absolute atomic E-state index is 0.826. The summed E-state index contributed by atoms with van der Waals surface area (Å²) in [5.41, 5.74) is 8.01. The van der Waals surface area contributed by atoms with Crippen molar-refractivity contribution in [2.24, 2.45) is 0 Å². The fraction of sp³-hybridized carbons (Fsp3) is 0.118. The van der Waals surface area contributed by atoms with Crippen LogP contribution in [-0.4, -0.2) is 0 Å². The van der Waals surface area contributed by atoms with Gasteiger partial charge in [0.15, 0.2) is 0 Å². The fourth-order valence-electron chi connectivity index (χ4n) is 2.48. The van der Waals surface area contributed by atoms with Gasteiger partial charge in [-0.3, -0.25) is 0 Å². The molecule has 20 heavy (non-hydrogen) atoms. The van der Waals surface area contributed by atoms with E-state index >= 15 is 0 Å². The van der Waals surface area contributed by atoms with Crippen molar-refractivity contribution in [2.75, 3.05) is 0 Å². The molecule has 0 heterocycles. The summed E-state index contributed by atoms with van der Waals surface area (Å²) in [7, 11) is 9.87. The van der Waals surface area contributed by atoms with Crippen molar-refractivity contribution in [3.63, 3.8) is 0 Å². The first-order valence-corrected chi connectivity index (χ1v) is 12.7. The van der Waals surface area contributed by atoms with Gasteiger partial charge in [-0.05, 0) is 36.1 Å². The van der Waals surface area contributed by atoms with Crippen molar-refractivity contribution in [2.45, 2.75) is 13.8 Å². The van der Waals surface area contributed by atoms with Crippen LogP contribution < -0.4 is 0 Å². The van der Waals surface area contributed by atoms with Gasteiger partial charge in [-0.1, -0.05) is 59.7 Å². The Morgan fingerprint density at radius 1 is 0.950 bits per heavy atom. The third-order valence-electron chi connectivity index (χ3n) is 3.20. The van der Waals surface area contributed by atoms with E-state index in [9.17, 15) is 0 Å². The van der Waals surface area contributed by atoms with E-state index in [2.05, 4.69) is 68.8 Å². The molecule has 1 radical (unpaired) electrons. The molecule has 2 aromatic carbocycles. The molecule has 0 N–H and O–H groups in total. The van der Waals surface area contributed by atoms with E-state index in [-0.39, 0.29) is 0 Å². The molecule has 3 rings (SSSR count). The zero-order chi connectivity index (χ0) is 14.5. The number of benzene rings is 2. The number of fused-ring (bicyclic) bond motifs is 1. The van der Waals surface area contributed by atoms with Gasteiger partial charge in [0.1, 0.15) is 0 Å². The van der Waals surface area contributed by atoms with E-state index in [1.165, 1.54) is 33.4 Å². The van der Waals surface area contributed by atoms with E-state index in [0.29, 0.717) is 0 Å². The number of halogens is 2. The zero-order valence-corrected chi connectivity index (χ0v) is 15.4. The predicted molar refractivity (Wildman–Crippen MR) is 85.4 cm³/mol. The number of aryl methyl sites for hydroxylation is 1. The molecule has 1 aliphatic carbocycles. The van der Waals surface area contributed by atoms with Crippen LogP contribution in [0.15, 0.2) is 48.0 Å². The monoisotopic (exact) mass is 379 g/mol. The third kappa shape index (κ3) is 3.85. The minimum atomic E-state index is -0.826. The van der Waals surface area contributed by atoms with E-state index in [1.54, 1.807) is 0 Å². The third-order valence-corrected chi connectivity index (χ3v) is 3.20. The van der Waals surface area contributed by atoms with Crippen LogP contribution >= 0.6 is 17.0 Å². The van der Waals surface area contributed by atoms with Crippen molar-refractivity contribution >= 4 is 23.1 Å². The van der Waals surface area contributed by atoms with Gasteiger partial charge in [-0.15, -0.1) is 0 Å². The zero-order valence-electron chi connectivity index (χ0n) is 11.5. The van der Waals surface area contributed by atoms with Crippen LogP contribution in [0.3, 0.4) is 0 Å². The van der Waals surface area contributed by atoms with Crippen molar-refractivity contribution in [1.82, 2.24) is 0 Å². The van der Waals surface area contributed by atoms with Crippen LogP contribution in [0.1, 0.15) is 23.6 Å². The molecule has 2 aromatic rings. The van der Waals surface area contributed by atoms with Gasteiger partial charge in [0.25, 0.3) is 0 Å². The summed E-state index contributed by atoms with van der Waals surface area (Å²) >= 11 is -0.826. The van der Waals surface area contributed by atoms with Crippen LogP contribution in [-0.2, 0) is 20.8 Å². The molecule has 0 nitrogen and oxygen atoms in total. The van der Waals surface area contributed by atoms with Gasteiger partial charge in [0.05, 0.1) is 0 Å². The molecular formula is C17H15Cl2Zr. The van der Waals surface area contributed by atoms with Crippen LogP contribution in [0.2, 0.25) is 0 Å². The van der Waals surface area contributed by atoms with Gasteiger partial charge in [-0.25, -0.2) is 0 Å². The predicted octanol–water partition coefficient (Wildman–Crippen LogP) is 6.01. The Morgan fingerprint density at radius 3 is 2.25 bits per heavy atom. The van der Waals surface area contributed by atoms with Crippen molar-refractivity contribution in [1.29, 1.82) is 0 Å². The van der Waals surface area contributed by atoms with E-state index in [4.69, 9.17) is 17.0 Å². The number of hydrogen-bond acceptors (Lipinski definition) is 0. The van der Waals surface area contributed by atoms with Crippen LogP contribution in [0.25, 0.3) is 17.2 Å². The molecule has 0 bridgehead atoms. The number of rotatable bonds is 1. The molecule has 101 valence electrons. The summed E-state index contributed by atoms with van der Waals surface area (Å²) in [4.78, 5) is 0. The Labute approximate surface area is 139 Å². The normalized spacial score (nSPS) is 12.1. The Bertz CT molecular complexity index is 618. The topological polar surface area (TPSA) is 0 Å². The van der Waals surface area contributed by atoms with Crippen molar-refractivity contribution in [3.05, 3.63) is 71.1 Å². The molecule has 0 unspecified atom stereocenters. The van der Waals surface area contributed by atoms with Gasteiger partial charge in [0.2, 0.25) is 0 Å². The quantitative estimate of drug-likeness (QED) is 0.568. The molecule has 0 amide bonds.